The minimum absolute atomic E-state index is 0.185. The van der Waals surface area contributed by atoms with E-state index in [2.05, 4.69) is 15.6 Å². The van der Waals surface area contributed by atoms with Crippen LogP contribution in [0.25, 0.3) is 10.9 Å². The molecule has 40 heavy (non-hydrogen) atoms. The molecule has 0 radical (unpaired) electrons. The first-order valence-corrected chi connectivity index (χ1v) is 12.9. The van der Waals surface area contributed by atoms with Gasteiger partial charge in [0.05, 0.1) is 12.3 Å². The number of hydrogen-bond acceptors (Lipinski definition) is 4. The summed E-state index contributed by atoms with van der Waals surface area (Å²) in [5.41, 5.74) is 3.94. The fourth-order valence-corrected chi connectivity index (χ4v) is 4.29. The molecule has 5 rings (SSSR count). The van der Waals surface area contributed by atoms with E-state index < -0.39 is 0 Å². The minimum atomic E-state index is -0.337. The van der Waals surface area contributed by atoms with Crippen molar-refractivity contribution in [3.8, 4) is 11.5 Å². The maximum absolute atomic E-state index is 13.1. The van der Waals surface area contributed by atoms with E-state index in [4.69, 9.17) is 4.74 Å². The Morgan fingerprint density at radius 3 is 2.33 bits per heavy atom. The SMILES string of the molecule is O=C(NCCc1ccc(F)cc1)c1ccc(NC(=O)c2cc3ccccc3[nH]2)c(OCCc2ccc(O)cc2)c1. The lowest BCUT2D eigenvalue weighted by molar-refractivity contribution is 0.0953. The van der Waals surface area contributed by atoms with Gasteiger partial charge < -0.3 is 25.5 Å². The zero-order chi connectivity index (χ0) is 27.9. The van der Waals surface area contributed by atoms with E-state index in [-0.39, 0.29) is 30.0 Å². The Morgan fingerprint density at radius 1 is 0.825 bits per heavy atom. The van der Waals surface area contributed by atoms with Gasteiger partial charge in [-0.1, -0.05) is 42.5 Å². The number of halogens is 1. The summed E-state index contributed by atoms with van der Waals surface area (Å²) < 4.78 is 19.2. The monoisotopic (exact) mass is 537 g/mol. The summed E-state index contributed by atoms with van der Waals surface area (Å²) in [5, 5.41) is 16.2. The standard InChI is InChI=1S/C32H28FN3O4/c33-25-10-5-21(6-11-25)15-17-34-31(38)24-9-14-28(30(20-24)40-18-16-22-7-12-26(37)13-8-22)36-32(39)29-19-23-3-1-2-4-27(23)35-29/h1-14,19-20,35,37H,15-18H2,(H,34,38)(H,36,39). The number of fused-ring (bicyclic) bond motifs is 1. The number of carbonyl (C=O) groups excluding carboxylic acids is 2. The van der Waals surface area contributed by atoms with Crippen molar-refractivity contribution in [2.24, 2.45) is 0 Å². The third-order valence-electron chi connectivity index (χ3n) is 6.46. The second-order valence-corrected chi connectivity index (χ2v) is 9.33. The average Bonchev–Trinajstić information content (AvgIpc) is 3.41. The van der Waals surface area contributed by atoms with E-state index in [0.717, 1.165) is 22.0 Å². The van der Waals surface area contributed by atoms with Crippen molar-refractivity contribution < 1.29 is 23.8 Å². The normalized spacial score (nSPS) is 10.8. The number of benzene rings is 4. The van der Waals surface area contributed by atoms with Crippen molar-refractivity contribution >= 4 is 28.4 Å². The maximum Gasteiger partial charge on any atom is 0.272 e. The number of amides is 2. The van der Waals surface area contributed by atoms with Crippen molar-refractivity contribution in [3.05, 3.63) is 125 Å². The third kappa shape index (κ3) is 6.66. The van der Waals surface area contributed by atoms with Crippen LogP contribution in [0.15, 0.2) is 97.1 Å². The molecular weight excluding hydrogens is 509 g/mol. The van der Waals surface area contributed by atoms with Crippen LogP contribution >= 0.6 is 0 Å². The molecule has 1 heterocycles. The fraction of sp³-hybridized carbons (Fsp3) is 0.125. The molecule has 0 saturated carbocycles. The van der Waals surface area contributed by atoms with Crippen molar-refractivity contribution in [2.45, 2.75) is 12.8 Å². The summed E-state index contributed by atoms with van der Waals surface area (Å²) in [5.74, 6) is -0.392. The molecule has 0 aliphatic heterocycles. The average molecular weight is 538 g/mol. The van der Waals surface area contributed by atoms with E-state index in [0.29, 0.717) is 42.1 Å². The van der Waals surface area contributed by atoms with Crippen LogP contribution in [0.3, 0.4) is 0 Å². The summed E-state index contributed by atoms with van der Waals surface area (Å²) in [4.78, 5) is 29.1. The molecule has 0 spiro atoms. The molecule has 0 saturated heterocycles. The molecule has 0 aliphatic rings. The number of phenolic OH excluding ortho intramolecular Hbond substituents is 1. The molecular formula is C32H28FN3O4. The Hall–Kier alpha value is -5.11. The summed E-state index contributed by atoms with van der Waals surface area (Å²) in [6.45, 7) is 0.663. The van der Waals surface area contributed by atoms with Gasteiger partial charge in [0.1, 0.15) is 23.0 Å². The topological polar surface area (TPSA) is 103 Å². The molecule has 1 aromatic heterocycles. The number of rotatable bonds is 10. The number of phenols is 1. The van der Waals surface area contributed by atoms with E-state index in [1.165, 1.54) is 12.1 Å². The van der Waals surface area contributed by atoms with Gasteiger partial charge in [-0.15, -0.1) is 0 Å². The summed E-state index contributed by atoms with van der Waals surface area (Å²) >= 11 is 0. The number of carbonyl (C=O) groups is 2. The molecule has 2 amide bonds. The number of aromatic hydroxyl groups is 1. The van der Waals surface area contributed by atoms with Crippen LogP contribution in [0, 0.1) is 5.82 Å². The third-order valence-corrected chi connectivity index (χ3v) is 6.46. The molecule has 4 N–H and O–H groups in total. The number of H-pyrrole nitrogens is 1. The van der Waals surface area contributed by atoms with Crippen LogP contribution < -0.4 is 15.4 Å². The zero-order valence-corrected chi connectivity index (χ0v) is 21.6. The number of nitrogens with one attached hydrogen (secondary N) is 3. The van der Waals surface area contributed by atoms with Gasteiger partial charge in [0.2, 0.25) is 0 Å². The van der Waals surface area contributed by atoms with E-state index in [1.807, 2.05) is 36.4 Å². The molecule has 4 aromatic carbocycles. The van der Waals surface area contributed by atoms with Gasteiger partial charge in [0, 0.05) is 29.4 Å². The van der Waals surface area contributed by atoms with E-state index in [1.54, 1.807) is 48.5 Å². The Kier molecular flexibility index (Phi) is 8.06. The molecule has 0 unspecified atom stereocenters. The maximum atomic E-state index is 13.1. The lowest BCUT2D eigenvalue weighted by Crippen LogP contribution is -2.25. The highest BCUT2D eigenvalue weighted by Crippen LogP contribution is 2.27. The molecule has 0 atom stereocenters. The molecule has 8 heteroatoms. The highest BCUT2D eigenvalue weighted by Gasteiger charge is 2.16. The van der Waals surface area contributed by atoms with Gasteiger partial charge in [-0.3, -0.25) is 9.59 Å². The zero-order valence-electron chi connectivity index (χ0n) is 21.6. The van der Waals surface area contributed by atoms with Gasteiger partial charge in [0.25, 0.3) is 11.8 Å². The molecule has 0 bridgehead atoms. The summed E-state index contributed by atoms with van der Waals surface area (Å²) in [7, 11) is 0. The smallest absolute Gasteiger partial charge is 0.272 e. The highest BCUT2D eigenvalue weighted by atomic mass is 19.1. The van der Waals surface area contributed by atoms with Crippen molar-refractivity contribution in [1.82, 2.24) is 10.3 Å². The number of hydrogen-bond donors (Lipinski definition) is 4. The largest absolute Gasteiger partial charge is 0.508 e. The van der Waals surface area contributed by atoms with Crippen LogP contribution in [-0.4, -0.2) is 35.1 Å². The van der Waals surface area contributed by atoms with Gasteiger partial charge >= 0.3 is 0 Å². The van der Waals surface area contributed by atoms with Crippen LogP contribution in [-0.2, 0) is 12.8 Å². The van der Waals surface area contributed by atoms with Crippen LogP contribution in [0.4, 0.5) is 10.1 Å². The molecule has 202 valence electrons. The molecule has 0 aliphatic carbocycles. The van der Waals surface area contributed by atoms with Gasteiger partial charge in [-0.2, -0.15) is 0 Å². The number of aromatic amines is 1. The van der Waals surface area contributed by atoms with E-state index in [9.17, 15) is 19.1 Å². The second kappa shape index (κ2) is 12.2. The Morgan fingerprint density at radius 2 is 1.55 bits per heavy atom. The first-order valence-electron chi connectivity index (χ1n) is 12.9. The van der Waals surface area contributed by atoms with Crippen molar-refractivity contribution in [1.29, 1.82) is 0 Å². The van der Waals surface area contributed by atoms with Crippen molar-refractivity contribution in [3.63, 3.8) is 0 Å². The summed E-state index contributed by atoms with van der Waals surface area (Å²) in [6.07, 6.45) is 1.12. The number of para-hydroxylation sites is 1. The fourth-order valence-electron chi connectivity index (χ4n) is 4.29. The van der Waals surface area contributed by atoms with Crippen LogP contribution in [0.5, 0.6) is 11.5 Å². The number of ether oxygens (including phenoxy) is 1. The number of aromatic nitrogens is 1. The predicted octanol–water partition coefficient (Wildman–Crippen LogP) is 5.86. The number of anilines is 1. The van der Waals surface area contributed by atoms with Crippen LogP contribution in [0.2, 0.25) is 0 Å². The Labute approximate surface area is 230 Å². The Bertz CT molecular complexity index is 1600. The lowest BCUT2D eigenvalue weighted by atomic mass is 10.1. The van der Waals surface area contributed by atoms with Crippen LogP contribution in [0.1, 0.15) is 32.0 Å². The lowest BCUT2D eigenvalue weighted by Gasteiger charge is -2.14. The molecule has 5 aromatic rings. The van der Waals surface area contributed by atoms with Gasteiger partial charge in [-0.25, -0.2) is 4.39 Å². The first-order chi connectivity index (χ1) is 19.4. The van der Waals surface area contributed by atoms with Crippen molar-refractivity contribution in [2.75, 3.05) is 18.5 Å². The molecule has 0 fully saturated rings. The predicted molar refractivity (Wildman–Crippen MR) is 152 cm³/mol. The quantitative estimate of drug-likeness (QED) is 0.179. The van der Waals surface area contributed by atoms with E-state index >= 15 is 0 Å². The van der Waals surface area contributed by atoms with Gasteiger partial charge in [-0.05, 0) is 72.1 Å². The minimum Gasteiger partial charge on any atom is -0.508 e. The highest BCUT2D eigenvalue weighted by molar-refractivity contribution is 6.07. The summed E-state index contributed by atoms with van der Waals surface area (Å²) in [6, 6.07) is 27.3. The second-order valence-electron chi connectivity index (χ2n) is 9.33. The first kappa shape index (κ1) is 26.5. The molecule has 7 nitrogen and oxygen atoms in total. The Balaban J connectivity index is 1.29. The van der Waals surface area contributed by atoms with Gasteiger partial charge in [0.15, 0.2) is 0 Å².